The molecule has 0 aliphatic carbocycles. The van der Waals surface area contributed by atoms with Crippen molar-refractivity contribution in [1.29, 1.82) is 0 Å². The number of benzene rings is 2. The second-order valence-electron chi connectivity index (χ2n) is 6.00. The van der Waals surface area contributed by atoms with Gasteiger partial charge in [0.2, 0.25) is 5.95 Å². The van der Waals surface area contributed by atoms with E-state index in [1.807, 2.05) is 31.2 Å². The standard InChI is InChI=1S/C20H19BrClN3/c1-13-17(6-3-7-18(13)22)19-12-16(24-20(23)25-19)5-2-4-14-8-10-15(21)11-9-14/h3,6-12H,2,4-5H2,1H3,(H2,23,24,25). The molecule has 3 nitrogen and oxygen atoms in total. The summed E-state index contributed by atoms with van der Waals surface area (Å²) in [5.74, 6) is 0.301. The van der Waals surface area contributed by atoms with Crippen LogP contribution in [0.4, 0.5) is 5.95 Å². The summed E-state index contributed by atoms with van der Waals surface area (Å²) in [4.78, 5) is 8.77. The van der Waals surface area contributed by atoms with Gasteiger partial charge in [0.1, 0.15) is 0 Å². The van der Waals surface area contributed by atoms with E-state index in [0.717, 1.165) is 51.3 Å². The lowest BCUT2D eigenvalue weighted by molar-refractivity contribution is 0.797. The Morgan fingerprint density at radius 3 is 2.56 bits per heavy atom. The molecular weight excluding hydrogens is 398 g/mol. The van der Waals surface area contributed by atoms with E-state index >= 15 is 0 Å². The zero-order chi connectivity index (χ0) is 17.8. The first kappa shape index (κ1) is 17.9. The minimum Gasteiger partial charge on any atom is -0.368 e. The Hall–Kier alpha value is -1.91. The molecule has 1 heterocycles. The van der Waals surface area contributed by atoms with Gasteiger partial charge in [-0.2, -0.15) is 0 Å². The number of nitrogen functional groups attached to an aromatic ring is 1. The average molecular weight is 417 g/mol. The summed E-state index contributed by atoms with van der Waals surface area (Å²) in [6, 6.07) is 16.2. The van der Waals surface area contributed by atoms with Crippen LogP contribution in [0.3, 0.4) is 0 Å². The number of rotatable bonds is 5. The van der Waals surface area contributed by atoms with Gasteiger partial charge < -0.3 is 5.73 Å². The summed E-state index contributed by atoms with van der Waals surface area (Å²) in [5.41, 5.74) is 11.0. The summed E-state index contributed by atoms with van der Waals surface area (Å²) in [6.07, 6.45) is 2.87. The molecule has 0 aliphatic rings. The lowest BCUT2D eigenvalue weighted by Crippen LogP contribution is -2.02. The predicted molar refractivity (Wildman–Crippen MR) is 108 cm³/mol. The monoisotopic (exact) mass is 415 g/mol. The summed E-state index contributed by atoms with van der Waals surface area (Å²) < 4.78 is 1.10. The fourth-order valence-electron chi connectivity index (χ4n) is 2.79. The zero-order valence-electron chi connectivity index (χ0n) is 14.0. The fraction of sp³-hybridized carbons (Fsp3) is 0.200. The van der Waals surface area contributed by atoms with E-state index in [1.54, 1.807) is 0 Å². The molecule has 0 unspecified atom stereocenters. The van der Waals surface area contributed by atoms with Crippen molar-refractivity contribution >= 4 is 33.5 Å². The third kappa shape index (κ3) is 4.59. The van der Waals surface area contributed by atoms with Crippen LogP contribution in [0, 0.1) is 6.92 Å². The van der Waals surface area contributed by atoms with Gasteiger partial charge in [-0.3, -0.25) is 0 Å². The Labute approximate surface area is 161 Å². The molecule has 0 fully saturated rings. The second kappa shape index (κ2) is 7.98. The minimum absolute atomic E-state index is 0.301. The maximum Gasteiger partial charge on any atom is 0.220 e. The molecule has 5 heteroatoms. The van der Waals surface area contributed by atoms with Gasteiger partial charge in [0, 0.05) is 20.8 Å². The Balaban J connectivity index is 1.75. The molecule has 0 radical (unpaired) electrons. The predicted octanol–water partition coefficient (Wildman–Crippen LogP) is 5.63. The second-order valence-corrected chi connectivity index (χ2v) is 7.32. The number of aromatic nitrogens is 2. The summed E-state index contributed by atoms with van der Waals surface area (Å²) in [5, 5.41) is 0.728. The van der Waals surface area contributed by atoms with Crippen LogP contribution in [0.25, 0.3) is 11.3 Å². The van der Waals surface area contributed by atoms with Crippen LogP contribution in [0.5, 0.6) is 0 Å². The van der Waals surface area contributed by atoms with Crippen molar-refractivity contribution in [2.75, 3.05) is 5.73 Å². The molecule has 0 spiro atoms. The number of nitrogens with zero attached hydrogens (tertiary/aromatic N) is 2. The van der Waals surface area contributed by atoms with Crippen molar-refractivity contribution in [2.24, 2.45) is 0 Å². The van der Waals surface area contributed by atoms with Gasteiger partial charge in [-0.1, -0.05) is 51.8 Å². The number of hydrogen-bond donors (Lipinski definition) is 1. The first-order chi connectivity index (χ1) is 12.0. The highest BCUT2D eigenvalue weighted by Crippen LogP contribution is 2.28. The molecule has 0 amide bonds. The highest BCUT2D eigenvalue weighted by atomic mass is 79.9. The molecule has 2 N–H and O–H groups in total. The molecule has 3 aromatic rings. The molecule has 0 saturated carbocycles. The van der Waals surface area contributed by atoms with Crippen molar-refractivity contribution in [3.05, 3.63) is 74.8 Å². The van der Waals surface area contributed by atoms with Crippen LogP contribution >= 0.6 is 27.5 Å². The fourth-order valence-corrected chi connectivity index (χ4v) is 3.23. The SMILES string of the molecule is Cc1c(Cl)cccc1-c1cc(CCCc2ccc(Br)cc2)nc(N)n1. The molecule has 0 saturated heterocycles. The van der Waals surface area contributed by atoms with Gasteiger partial charge >= 0.3 is 0 Å². The summed E-state index contributed by atoms with van der Waals surface area (Å²) in [6.45, 7) is 1.99. The number of aryl methyl sites for hydroxylation is 2. The van der Waals surface area contributed by atoms with Gasteiger partial charge in [0.05, 0.1) is 5.69 Å². The quantitative estimate of drug-likeness (QED) is 0.587. The molecule has 2 aromatic carbocycles. The van der Waals surface area contributed by atoms with Crippen LogP contribution < -0.4 is 5.73 Å². The third-order valence-corrected chi connectivity index (χ3v) is 5.09. The number of nitrogens with two attached hydrogens (primary N) is 1. The first-order valence-electron chi connectivity index (χ1n) is 8.16. The zero-order valence-corrected chi connectivity index (χ0v) is 16.3. The molecular formula is C20H19BrClN3. The molecule has 128 valence electrons. The minimum atomic E-state index is 0.301. The molecule has 0 atom stereocenters. The van der Waals surface area contributed by atoms with Gasteiger partial charge in [0.15, 0.2) is 0 Å². The van der Waals surface area contributed by atoms with Crippen LogP contribution in [-0.2, 0) is 12.8 Å². The van der Waals surface area contributed by atoms with E-state index in [2.05, 4.69) is 50.2 Å². The van der Waals surface area contributed by atoms with Gasteiger partial charge in [-0.25, -0.2) is 9.97 Å². The highest BCUT2D eigenvalue weighted by Gasteiger charge is 2.09. The van der Waals surface area contributed by atoms with Crippen molar-refractivity contribution in [2.45, 2.75) is 26.2 Å². The lowest BCUT2D eigenvalue weighted by atomic mass is 10.0. The Kier molecular flexibility index (Phi) is 5.71. The highest BCUT2D eigenvalue weighted by molar-refractivity contribution is 9.10. The Morgan fingerprint density at radius 1 is 1.04 bits per heavy atom. The van der Waals surface area contributed by atoms with Crippen LogP contribution in [0.1, 0.15) is 23.2 Å². The third-order valence-electron chi connectivity index (χ3n) is 4.15. The van der Waals surface area contributed by atoms with Crippen molar-refractivity contribution < 1.29 is 0 Å². The Bertz CT molecular complexity index is 879. The smallest absolute Gasteiger partial charge is 0.220 e. The van der Waals surface area contributed by atoms with Crippen LogP contribution in [-0.4, -0.2) is 9.97 Å². The molecule has 1 aromatic heterocycles. The van der Waals surface area contributed by atoms with E-state index in [1.165, 1.54) is 5.56 Å². The number of anilines is 1. The maximum absolute atomic E-state index is 6.23. The summed E-state index contributed by atoms with van der Waals surface area (Å²) in [7, 11) is 0. The van der Waals surface area contributed by atoms with E-state index < -0.39 is 0 Å². The van der Waals surface area contributed by atoms with Crippen LogP contribution in [0.2, 0.25) is 5.02 Å². The van der Waals surface area contributed by atoms with Gasteiger partial charge in [0.25, 0.3) is 0 Å². The van der Waals surface area contributed by atoms with Crippen LogP contribution in [0.15, 0.2) is 53.0 Å². The van der Waals surface area contributed by atoms with Crippen molar-refractivity contribution in [1.82, 2.24) is 9.97 Å². The largest absolute Gasteiger partial charge is 0.368 e. The molecule has 0 bridgehead atoms. The van der Waals surface area contributed by atoms with Crippen molar-refractivity contribution in [3.8, 4) is 11.3 Å². The van der Waals surface area contributed by atoms with Gasteiger partial charge in [-0.05, 0) is 61.6 Å². The first-order valence-corrected chi connectivity index (χ1v) is 9.33. The van der Waals surface area contributed by atoms with E-state index in [-0.39, 0.29) is 0 Å². The maximum atomic E-state index is 6.23. The lowest BCUT2D eigenvalue weighted by Gasteiger charge is -2.09. The topological polar surface area (TPSA) is 51.8 Å². The van der Waals surface area contributed by atoms with E-state index in [0.29, 0.717) is 5.95 Å². The molecule has 0 aliphatic heterocycles. The Morgan fingerprint density at radius 2 is 1.80 bits per heavy atom. The average Bonchev–Trinajstić information content (AvgIpc) is 2.59. The normalized spacial score (nSPS) is 10.8. The number of halogens is 2. The van der Waals surface area contributed by atoms with Crippen molar-refractivity contribution in [3.63, 3.8) is 0 Å². The van der Waals surface area contributed by atoms with Gasteiger partial charge in [-0.15, -0.1) is 0 Å². The molecule has 25 heavy (non-hydrogen) atoms. The molecule has 3 rings (SSSR count). The summed E-state index contributed by atoms with van der Waals surface area (Å²) >= 11 is 9.69. The van der Waals surface area contributed by atoms with E-state index in [9.17, 15) is 0 Å². The van der Waals surface area contributed by atoms with E-state index in [4.69, 9.17) is 17.3 Å². The number of hydrogen-bond acceptors (Lipinski definition) is 3.